The third kappa shape index (κ3) is 2.32. The van der Waals surface area contributed by atoms with Gasteiger partial charge in [-0.3, -0.25) is 0 Å². The predicted molar refractivity (Wildman–Crippen MR) is 65.8 cm³/mol. The Kier molecular flexibility index (Phi) is 3.09. The van der Waals surface area contributed by atoms with Crippen LogP contribution in [-0.4, -0.2) is 33.3 Å². The van der Waals surface area contributed by atoms with E-state index in [0.29, 0.717) is 6.54 Å². The minimum absolute atomic E-state index is 0.267. The van der Waals surface area contributed by atoms with Crippen LogP contribution in [-0.2, 0) is 0 Å². The molecule has 1 heterocycles. The first kappa shape index (κ1) is 11.3. The summed E-state index contributed by atoms with van der Waals surface area (Å²) in [4.78, 5) is 0. The Morgan fingerprint density at radius 1 is 1.44 bits per heavy atom. The van der Waals surface area contributed by atoms with E-state index in [1.54, 1.807) is 6.92 Å². The van der Waals surface area contributed by atoms with Crippen LogP contribution >= 0.6 is 11.5 Å². The zero-order valence-electron chi connectivity index (χ0n) is 8.97. The van der Waals surface area contributed by atoms with Crippen LogP contribution in [0.5, 0.6) is 0 Å². The van der Waals surface area contributed by atoms with E-state index in [9.17, 15) is 5.11 Å². The van der Waals surface area contributed by atoms with Crippen molar-refractivity contribution < 1.29 is 10.2 Å². The van der Waals surface area contributed by atoms with Gasteiger partial charge in [-0.25, -0.2) is 0 Å². The number of aliphatic hydroxyl groups is 2. The molecule has 0 spiro atoms. The first-order chi connectivity index (χ1) is 7.62. The van der Waals surface area contributed by atoms with Crippen molar-refractivity contribution in [1.29, 1.82) is 0 Å². The molecule has 0 saturated carbocycles. The summed E-state index contributed by atoms with van der Waals surface area (Å²) in [6, 6.07) is 7.82. The fraction of sp³-hybridized carbons (Fsp3) is 0.364. The highest BCUT2D eigenvalue weighted by atomic mass is 32.1. The third-order valence-corrected chi connectivity index (χ3v) is 3.19. The maximum atomic E-state index is 9.67. The normalized spacial score (nSPS) is 14.9. The molecule has 0 fully saturated rings. The Bertz CT molecular complexity index is 482. The van der Waals surface area contributed by atoms with Crippen molar-refractivity contribution in [3.05, 3.63) is 24.3 Å². The van der Waals surface area contributed by atoms with Gasteiger partial charge in [-0.1, -0.05) is 12.1 Å². The molecule has 0 saturated heterocycles. The molecule has 0 bridgehead atoms. The lowest BCUT2D eigenvalue weighted by atomic mass is 10.1. The summed E-state index contributed by atoms with van der Waals surface area (Å²) >= 11 is 1.36. The van der Waals surface area contributed by atoms with E-state index >= 15 is 0 Å². The number of nitrogens with zero attached hydrogens (tertiary/aromatic N) is 1. The second-order valence-electron chi connectivity index (χ2n) is 4.04. The molecule has 86 valence electrons. The quantitative estimate of drug-likeness (QED) is 0.754. The number of aromatic nitrogens is 1. The molecule has 4 nitrogen and oxygen atoms in total. The molecule has 1 aromatic heterocycles. The Morgan fingerprint density at radius 3 is 2.94 bits per heavy atom. The van der Waals surface area contributed by atoms with Crippen molar-refractivity contribution >= 4 is 27.4 Å². The molecular weight excluding hydrogens is 224 g/mol. The Labute approximate surface area is 97.7 Å². The van der Waals surface area contributed by atoms with Gasteiger partial charge in [0.15, 0.2) is 0 Å². The molecule has 16 heavy (non-hydrogen) atoms. The molecule has 2 rings (SSSR count). The monoisotopic (exact) mass is 238 g/mol. The van der Waals surface area contributed by atoms with Crippen LogP contribution in [0.15, 0.2) is 24.3 Å². The van der Waals surface area contributed by atoms with Gasteiger partial charge in [-0.2, -0.15) is 4.37 Å². The van der Waals surface area contributed by atoms with Gasteiger partial charge in [0, 0.05) is 11.9 Å². The van der Waals surface area contributed by atoms with Crippen LogP contribution in [0.1, 0.15) is 6.92 Å². The second kappa shape index (κ2) is 4.37. The maximum Gasteiger partial charge on any atom is 0.117 e. The summed E-state index contributed by atoms with van der Waals surface area (Å²) in [5, 5.41) is 23.7. The van der Waals surface area contributed by atoms with E-state index in [1.165, 1.54) is 11.5 Å². The molecule has 3 N–H and O–H groups in total. The molecule has 0 aliphatic heterocycles. The molecule has 0 amide bonds. The summed E-state index contributed by atoms with van der Waals surface area (Å²) < 4.78 is 4.28. The summed E-state index contributed by atoms with van der Waals surface area (Å²) in [6.45, 7) is 1.62. The Hall–Kier alpha value is -1.17. The highest BCUT2D eigenvalue weighted by Gasteiger charge is 2.19. The van der Waals surface area contributed by atoms with Gasteiger partial charge in [0.2, 0.25) is 0 Å². The van der Waals surface area contributed by atoms with Gasteiger partial charge in [-0.15, -0.1) is 0 Å². The van der Waals surface area contributed by atoms with Crippen molar-refractivity contribution in [3.63, 3.8) is 0 Å². The molecule has 1 aromatic carbocycles. The van der Waals surface area contributed by atoms with Crippen LogP contribution in [0.25, 0.3) is 10.9 Å². The van der Waals surface area contributed by atoms with Crippen LogP contribution < -0.4 is 5.32 Å². The lowest BCUT2D eigenvalue weighted by Crippen LogP contribution is -2.37. The first-order valence-electron chi connectivity index (χ1n) is 5.04. The Morgan fingerprint density at radius 2 is 2.19 bits per heavy atom. The van der Waals surface area contributed by atoms with Crippen molar-refractivity contribution in [2.75, 3.05) is 18.5 Å². The zero-order chi connectivity index (χ0) is 11.6. The second-order valence-corrected chi connectivity index (χ2v) is 4.81. The number of benzene rings is 1. The van der Waals surface area contributed by atoms with E-state index in [2.05, 4.69) is 9.69 Å². The molecule has 2 aromatic rings. The lowest BCUT2D eigenvalue weighted by Gasteiger charge is -2.20. The molecule has 1 atom stereocenters. The number of rotatable bonds is 4. The first-order valence-corrected chi connectivity index (χ1v) is 5.81. The molecule has 0 radical (unpaired) electrons. The molecule has 1 unspecified atom stereocenters. The molecule has 0 aliphatic carbocycles. The van der Waals surface area contributed by atoms with Gasteiger partial charge in [-0.05, 0) is 30.6 Å². The van der Waals surface area contributed by atoms with Crippen molar-refractivity contribution in [2.45, 2.75) is 12.5 Å². The van der Waals surface area contributed by atoms with Crippen LogP contribution in [0.2, 0.25) is 0 Å². The number of aliphatic hydroxyl groups excluding tert-OH is 1. The smallest absolute Gasteiger partial charge is 0.117 e. The highest BCUT2D eigenvalue weighted by molar-refractivity contribution is 7.11. The van der Waals surface area contributed by atoms with Gasteiger partial charge >= 0.3 is 0 Å². The van der Waals surface area contributed by atoms with Gasteiger partial charge in [0.05, 0.1) is 12.1 Å². The topological polar surface area (TPSA) is 65.4 Å². The van der Waals surface area contributed by atoms with Crippen LogP contribution in [0.3, 0.4) is 0 Å². The van der Waals surface area contributed by atoms with Gasteiger partial charge < -0.3 is 15.5 Å². The molecular formula is C11H14N2O2S. The van der Waals surface area contributed by atoms with E-state index in [-0.39, 0.29) is 6.61 Å². The van der Waals surface area contributed by atoms with Crippen molar-refractivity contribution in [1.82, 2.24) is 4.37 Å². The van der Waals surface area contributed by atoms with Crippen LogP contribution in [0, 0.1) is 0 Å². The minimum atomic E-state index is -1.11. The SMILES string of the molecule is CC(O)(CO)CNc1snc2ccccc12. The summed E-state index contributed by atoms with van der Waals surface area (Å²) in [7, 11) is 0. The number of fused-ring (bicyclic) bond motifs is 1. The van der Waals surface area contributed by atoms with E-state index in [4.69, 9.17) is 5.11 Å². The summed E-state index contributed by atoms with van der Waals surface area (Å²) in [6.07, 6.45) is 0. The predicted octanol–water partition coefficient (Wildman–Crippen LogP) is 1.45. The van der Waals surface area contributed by atoms with Crippen molar-refractivity contribution in [2.24, 2.45) is 0 Å². The average molecular weight is 238 g/mol. The standard InChI is InChI=1S/C11H14N2O2S/c1-11(15,7-14)6-12-10-8-4-2-3-5-9(8)13-16-10/h2-5,12,14-15H,6-7H2,1H3. The largest absolute Gasteiger partial charge is 0.393 e. The number of hydrogen-bond donors (Lipinski definition) is 3. The lowest BCUT2D eigenvalue weighted by molar-refractivity contribution is 0.0133. The number of anilines is 1. The highest BCUT2D eigenvalue weighted by Crippen LogP contribution is 2.27. The van der Waals surface area contributed by atoms with Gasteiger partial charge in [0.1, 0.15) is 10.6 Å². The number of nitrogens with one attached hydrogen (secondary N) is 1. The van der Waals surface area contributed by atoms with Crippen molar-refractivity contribution in [3.8, 4) is 0 Å². The number of hydrogen-bond acceptors (Lipinski definition) is 5. The minimum Gasteiger partial charge on any atom is -0.393 e. The zero-order valence-corrected chi connectivity index (χ0v) is 9.79. The van der Waals surface area contributed by atoms with E-state index in [1.807, 2.05) is 24.3 Å². The molecule has 0 aliphatic rings. The van der Waals surface area contributed by atoms with E-state index in [0.717, 1.165) is 15.9 Å². The van der Waals surface area contributed by atoms with Crippen LogP contribution in [0.4, 0.5) is 5.00 Å². The summed E-state index contributed by atoms with van der Waals surface area (Å²) in [5.41, 5.74) is -0.163. The summed E-state index contributed by atoms with van der Waals surface area (Å²) in [5.74, 6) is 0. The average Bonchev–Trinajstić information content (AvgIpc) is 2.70. The fourth-order valence-corrected chi connectivity index (χ4v) is 2.10. The fourth-order valence-electron chi connectivity index (χ4n) is 1.34. The Balaban J connectivity index is 2.16. The molecule has 5 heteroatoms. The third-order valence-electron chi connectivity index (χ3n) is 2.35. The van der Waals surface area contributed by atoms with E-state index < -0.39 is 5.60 Å². The maximum absolute atomic E-state index is 9.67. The van der Waals surface area contributed by atoms with Gasteiger partial charge in [0.25, 0.3) is 0 Å².